The van der Waals surface area contributed by atoms with Crippen LogP contribution in [0.15, 0.2) is 36.8 Å². The second-order valence-corrected chi connectivity index (χ2v) is 6.41. The first-order valence-electron chi connectivity index (χ1n) is 8.58. The van der Waals surface area contributed by atoms with Crippen molar-refractivity contribution in [3.05, 3.63) is 53.9 Å². The molecular formula is C19H19FN4O2. The van der Waals surface area contributed by atoms with Crippen LogP contribution in [0.1, 0.15) is 34.8 Å². The minimum atomic E-state index is -0.279. The Labute approximate surface area is 150 Å². The number of likely N-dealkylation sites (tertiary alicyclic amines) is 1. The monoisotopic (exact) mass is 354 g/mol. The van der Waals surface area contributed by atoms with E-state index in [2.05, 4.69) is 15.0 Å². The molecular weight excluding hydrogens is 335 g/mol. The number of rotatable bonds is 3. The molecule has 0 spiro atoms. The molecule has 1 aliphatic rings. The number of aromatic nitrogens is 3. The van der Waals surface area contributed by atoms with Gasteiger partial charge in [0.2, 0.25) is 0 Å². The normalized spacial score (nSPS) is 15.4. The fourth-order valence-electron chi connectivity index (χ4n) is 3.58. The van der Waals surface area contributed by atoms with Gasteiger partial charge in [-0.3, -0.25) is 4.79 Å². The van der Waals surface area contributed by atoms with Crippen LogP contribution in [-0.2, 0) is 0 Å². The maximum atomic E-state index is 14.4. The lowest BCUT2D eigenvalue weighted by Crippen LogP contribution is -2.38. The number of H-pyrrole nitrogens is 1. The van der Waals surface area contributed by atoms with Gasteiger partial charge < -0.3 is 14.6 Å². The molecule has 1 aliphatic heterocycles. The van der Waals surface area contributed by atoms with E-state index in [9.17, 15) is 9.18 Å². The number of ether oxygens (including phenoxy) is 1. The number of nitrogens with one attached hydrogen (secondary N) is 1. The van der Waals surface area contributed by atoms with E-state index in [4.69, 9.17) is 4.74 Å². The van der Waals surface area contributed by atoms with Gasteiger partial charge in [-0.1, -0.05) is 0 Å². The number of halogens is 1. The van der Waals surface area contributed by atoms with Crippen LogP contribution in [0, 0.1) is 5.82 Å². The highest BCUT2D eigenvalue weighted by atomic mass is 19.1. The molecule has 134 valence electrons. The number of fused-ring (bicyclic) bond motifs is 1. The van der Waals surface area contributed by atoms with Crippen molar-refractivity contribution in [1.82, 2.24) is 19.9 Å². The first kappa shape index (κ1) is 16.5. The molecule has 1 amide bonds. The molecule has 3 aromatic heterocycles. The summed E-state index contributed by atoms with van der Waals surface area (Å²) in [4.78, 5) is 25.7. The number of hydrogen-bond donors (Lipinski definition) is 1. The lowest BCUT2D eigenvalue weighted by molar-refractivity contribution is 0.0706. The Morgan fingerprint density at radius 1 is 1.23 bits per heavy atom. The smallest absolute Gasteiger partial charge is 0.272 e. The van der Waals surface area contributed by atoms with Crippen molar-refractivity contribution in [2.24, 2.45) is 0 Å². The summed E-state index contributed by atoms with van der Waals surface area (Å²) in [5, 5.41) is 0.826. The number of carbonyl (C=O) groups excluding carboxylic acids is 1. The lowest BCUT2D eigenvalue weighted by atomic mass is 9.88. The fourth-order valence-corrected chi connectivity index (χ4v) is 3.58. The summed E-state index contributed by atoms with van der Waals surface area (Å²) >= 11 is 0. The molecule has 0 unspecified atom stereocenters. The molecule has 6 nitrogen and oxygen atoms in total. The summed E-state index contributed by atoms with van der Waals surface area (Å²) in [7, 11) is 1.56. The minimum Gasteiger partial charge on any atom is -0.495 e. The highest BCUT2D eigenvalue weighted by Crippen LogP contribution is 2.34. The molecule has 3 aromatic rings. The van der Waals surface area contributed by atoms with Crippen molar-refractivity contribution in [3.8, 4) is 5.75 Å². The summed E-state index contributed by atoms with van der Waals surface area (Å²) in [6, 6.07) is 5.25. The van der Waals surface area contributed by atoms with Gasteiger partial charge in [0.25, 0.3) is 5.91 Å². The number of carbonyl (C=O) groups is 1. The number of amides is 1. The van der Waals surface area contributed by atoms with Crippen LogP contribution in [0.25, 0.3) is 11.0 Å². The van der Waals surface area contributed by atoms with E-state index in [-0.39, 0.29) is 17.6 Å². The predicted octanol–water partition coefficient (Wildman–Crippen LogP) is 3.13. The van der Waals surface area contributed by atoms with Crippen molar-refractivity contribution in [3.63, 3.8) is 0 Å². The van der Waals surface area contributed by atoms with Gasteiger partial charge in [0.05, 0.1) is 19.5 Å². The van der Waals surface area contributed by atoms with Gasteiger partial charge in [0, 0.05) is 30.2 Å². The quantitative estimate of drug-likeness (QED) is 0.784. The summed E-state index contributed by atoms with van der Waals surface area (Å²) in [6.07, 6.45) is 6.00. The van der Waals surface area contributed by atoms with Gasteiger partial charge in [-0.25, -0.2) is 14.4 Å². The van der Waals surface area contributed by atoms with E-state index < -0.39 is 0 Å². The topological polar surface area (TPSA) is 71.1 Å². The largest absolute Gasteiger partial charge is 0.495 e. The zero-order valence-corrected chi connectivity index (χ0v) is 14.4. The molecule has 0 bridgehead atoms. The number of aromatic amines is 1. The maximum absolute atomic E-state index is 14.4. The molecule has 0 saturated carbocycles. The van der Waals surface area contributed by atoms with Crippen molar-refractivity contribution in [2.75, 3.05) is 20.2 Å². The maximum Gasteiger partial charge on any atom is 0.272 e. The van der Waals surface area contributed by atoms with Crippen molar-refractivity contribution >= 4 is 16.9 Å². The highest BCUT2D eigenvalue weighted by Gasteiger charge is 2.28. The van der Waals surface area contributed by atoms with Crippen LogP contribution in [0.2, 0.25) is 0 Å². The van der Waals surface area contributed by atoms with E-state index in [1.165, 1.54) is 12.4 Å². The van der Waals surface area contributed by atoms with Crippen LogP contribution in [-0.4, -0.2) is 46.0 Å². The van der Waals surface area contributed by atoms with E-state index in [0.29, 0.717) is 48.6 Å². The number of hydrogen-bond acceptors (Lipinski definition) is 4. The Morgan fingerprint density at radius 3 is 2.73 bits per heavy atom. The second kappa shape index (κ2) is 6.74. The van der Waals surface area contributed by atoms with Gasteiger partial charge in [-0.15, -0.1) is 0 Å². The third-order valence-electron chi connectivity index (χ3n) is 4.96. The Balaban J connectivity index is 1.49. The SMILES string of the molecule is COc1ccc(C(=O)N2CCC(c3c(F)cnc4[nH]ccc34)CC2)nc1. The fraction of sp³-hybridized carbons (Fsp3) is 0.316. The van der Waals surface area contributed by atoms with Crippen molar-refractivity contribution in [2.45, 2.75) is 18.8 Å². The van der Waals surface area contributed by atoms with Gasteiger partial charge in [0.1, 0.15) is 22.9 Å². The van der Waals surface area contributed by atoms with Crippen LogP contribution in [0.3, 0.4) is 0 Å². The molecule has 7 heteroatoms. The zero-order chi connectivity index (χ0) is 18.1. The standard InChI is InChI=1S/C19H19FN4O2/c1-26-13-2-3-16(22-10-13)19(25)24-8-5-12(6-9-24)17-14-4-7-21-18(14)23-11-15(17)20/h2-4,7,10-12H,5-6,8-9H2,1H3,(H,21,23). The van der Waals surface area contributed by atoms with Gasteiger partial charge >= 0.3 is 0 Å². The van der Waals surface area contributed by atoms with Crippen molar-refractivity contribution in [1.29, 1.82) is 0 Å². The van der Waals surface area contributed by atoms with Crippen LogP contribution >= 0.6 is 0 Å². The first-order valence-corrected chi connectivity index (χ1v) is 8.58. The van der Waals surface area contributed by atoms with Gasteiger partial charge in [-0.2, -0.15) is 0 Å². The number of nitrogens with zero attached hydrogens (tertiary/aromatic N) is 3. The molecule has 0 radical (unpaired) electrons. The molecule has 4 heterocycles. The van der Waals surface area contributed by atoms with Crippen LogP contribution in [0.5, 0.6) is 5.75 Å². The van der Waals surface area contributed by atoms with Crippen molar-refractivity contribution < 1.29 is 13.9 Å². The minimum absolute atomic E-state index is 0.0733. The molecule has 0 aliphatic carbocycles. The lowest BCUT2D eigenvalue weighted by Gasteiger charge is -2.32. The van der Waals surface area contributed by atoms with E-state index in [0.717, 1.165) is 5.39 Å². The van der Waals surface area contributed by atoms with Crippen LogP contribution in [0.4, 0.5) is 4.39 Å². The van der Waals surface area contributed by atoms with E-state index in [1.54, 1.807) is 30.3 Å². The number of pyridine rings is 2. The predicted molar refractivity (Wildman–Crippen MR) is 94.7 cm³/mol. The summed E-state index contributed by atoms with van der Waals surface area (Å²) in [5.41, 5.74) is 1.79. The second-order valence-electron chi connectivity index (χ2n) is 6.41. The Morgan fingerprint density at radius 2 is 2.04 bits per heavy atom. The zero-order valence-electron chi connectivity index (χ0n) is 14.4. The molecule has 4 rings (SSSR count). The molecule has 26 heavy (non-hydrogen) atoms. The molecule has 0 atom stereocenters. The average Bonchev–Trinajstić information content (AvgIpc) is 3.16. The number of methoxy groups -OCH3 is 1. The van der Waals surface area contributed by atoms with Crippen LogP contribution < -0.4 is 4.74 Å². The average molecular weight is 354 g/mol. The molecule has 1 N–H and O–H groups in total. The molecule has 1 fully saturated rings. The van der Waals surface area contributed by atoms with Gasteiger partial charge in [-0.05, 0) is 37.0 Å². The third kappa shape index (κ3) is 2.89. The third-order valence-corrected chi connectivity index (χ3v) is 4.96. The summed E-state index contributed by atoms with van der Waals surface area (Å²) in [5.74, 6) is 0.305. The Kier molecular flexibility index (Phi) is 4.28. The Bertz CT molecular complexity index is 930. The number of piperidine rings is 1. The molecule has 0 aromatic carbocycles. The first-order chi connectivity index (χ1) is 12.7. The summed E-state index contributed by atoms with van der Waals surface area (Å²) < 4.78 is 19.5. The van der Waals surface area contributed by atoms with Gasteiger partial charge in [0.15, 0.2) is 0 Å². The summed E-state index contributed by atoms with van der Waals surface area (Å²) in [6.45, 7) is 1.15. The van der Waals surface area contributed by atoms with E-state index in [1.807, 2.05) is 6.07 Å². The highest BCUT2D eigenvalue weighted by molar-refractivity contribution is 5.92. The van der Waals surface area contributed by atoms with E-state index >= 15 is 0 Å². The molecule has 1 saturated heterocycles. The Hall–Kier alpha value is -2.96.